The number of nitrogens with zero attached hydrogens (tertiary/aromatic N) is 1. The molecule has 18 heavy (non-hydrogen) atoms. The molecule has 94 valence electrons. The summed E-state index contributed by atoms with van der Waals surface area (Å²) >= 11 is 0. The average Bonchev–Trinajstić information content (AvgIpc) is 2.65. The molecule has 0 aliphatic rings. The molecule has 1 aromatic heterocycles. The van der Waals surface area contributed by atoms with Gasteiger partial charge in [0.25, 0.3) is 0 Å². The number of fused-ring (bicyclic) bond motifs is 1. The second kappa shape index (κ2) is 4.60. The highest BCUT2D eigenvalue weighted by Gasteiger charge is 2.19. The number of carbonyl (C=O) groups excluding carboxylic acids is 1. The number of carboxylic acid groups (broad SMARTS) is 1. The average molecular weight is 247 g/mol. The van der Waals surface area contributed by atoms with Crippen LogP contribution in [0.5, 0.6) is 0 Å². The zero-order valence-electron chi connectivity index (χ0n) is 10.1. The maximum Gasteiger partial charge on any atom is 0.304 e. The van der Waals surface area contributed by atoms with Crippen molar-refractivity contribution in [3.05, 3.63) is 29.7 Å². The molecule has 0 amide bonds. The van der Waals surface area contributed by atoms with E-state index in [0.717, 1.165) is 0 Å². The molecule has 0 aliphatic carbocycles. The number of oxazole rings is 1. The minimum Gasteiger partial charge on any atom is -0.481 e. The van der Waals surface area contributed by atoms with Crippen LogP contribution >= 0.6 is 0 Å². The molecule has 2 rings (SSSR count). The third-order valence-electron chi connectivity index (χ3n) is 2.71. The standard InChI is InChI=1S/C13H13NO4/c1-7(5-12(15)16)13(17)9-3-4-11-10(6-9)14-8(2)18-11/h3-4,6-7H,5H2,1-2H3,(H,15,16). The van der Waals surface area contributed by atoms with Gasteiger partial charge in [0.1, 0.15) is 5.52 Å². The van der Waals surface area contributed by atoms with E-state index >= 15 is 0 Å². The van der Waals surface area contributed by atoms with Gasteiger partial charge >= 0.3 is 5.97 Å². The number of benzene rings is 1. The lowest BCUT2D eigenvalue weighted by Gasteiger charge is -2.07. The van der Waals surface area contributed by atoms with Gasteiger partial charge < -0.3 is 9.52 Å². The van der Waals surface area contributed by atoms with Crippen molar-refractivity contribution >= 4 is 22.9 Å². The van der Waals surface area contributed by atoms with Gasteiger partial charge in [-0.15, -0.1) is 0 Å². The molecule has 0 saturated heterocycles. The van der Waals surface area contributed by atoms with Crippen LogP contribution in [0, 0.1) is 12.8 Å². The van der Waals surface area contributed by atoms with Crippen LogP contribution in [0.2, 0.25) is 0 Å². The molecule has 1 heterocycles. The van der Waals surface area contributed by atoms with Crippen molar-refractivity contribution in [1.29, 1.82) is 0 Å². The number of hydrogen-bond donors (Lipinski definition) is 1. The summed E-state index contributed by atoms with van der Waals surface area (Å²) in [5.74, 6) is -1.18. The van der Waals surface area contributed by atoms with E-state index in [1.165, 1.54) is 0 Å². The van der Waals surface area contributed by atoms with Gasteiger partial charge in [0.05, 0.1) is 6.42 Å². The molecule has 0 fully saturated rings. The van der Waals surface area contributed by atoms with Crippen molar-refractivity contribution in [1.82, 2.24) is 4.98 Å². The van der Waals surface area contributed by atoms with E-state index in [0.29, 0.717) is 22.6 Å². The molecule has 5 heteroatoms. The number of aromatic nitrogens is 1. The Kier molecular flexibility index (Phi) is 3.14. The highest BCUT2D eigenvalue weighted by Crippen LogP contribution is 2.19. The third kappa shape index (κ3) is 2.40. The molecule has 0 bridgehead atoms. The molecule has 5 nitrogen and oxygen atoms in total. The highest BCUT2D eigenvalue weighted by molar-refractivity contribution is 6.01. The SMILES string of the molecule is Cc1nc2cc(C(=O)C(C)CC(=O)O)ccc2o1. The fraction of sp³-hybridized carbons (Fsp3) is 0.308. The Morgan fingerprint density at radius 3 is 2.83 bits per heavy atom. The van der Waals surface area contributed by atoms with E-state index in [9.17, 15) is 9.59 Å². The molecule has 0 aliphatic heterocycles. The van der Waals surface area contributed by atoms with Crippen molar-refractivity contribution in [2.45, 2.75) is 20.3 Å². The van der Waals surface area contributed by atoms with Gasteiger partial charge in [-0.25, -0.2) is 4.98 Å². The minimum absolute atomic E-state index is 0.172. The van der Waals surface area contributed by atoms with Crippen molar-refractivity contribution in [3.63, 3.8) is 0 Å². The van der Waals surface area contributed by atoms with Gasteiger partial charge in [-0.05, 0) is 18.2 Å². The van der Waals surface area contributed by atoms with Crippen LogP contribution in [-0.4, -0.2) is 21.8 Å². The summed E-state index contributed by atoms with van der Waals surface area (Å²) in [6, 6.07) is 4.94. The summed E-state index contributed by atoms with van der Waals surface area (Å²) in [5.41, 5.74) is 1.69. The summed E-state index contributed by atoms with van der Waals surface area (Å²) in [5, 5.41) is 8.68. The molecular formula is C13H13NO4. The van der Waals surface area contributed by atoms with Crippen molar-refractivity contribution < 1.29 is 19.1 Å². The molecular weight excluding hydrogens is 234 g/mol. The first-order chi connectivity index (χ1) is 8.47. The van der Waals surface area contributed by atoms with Crippen LogP contribution in [0.15, 0.2) is 22.6 Å². The molecule has 0 radical (unpaired) electrons. The number of carbonyl (C=O) groups is 2. The third-order valence-corrected chi connectivity index (χ3v) is 2.71. The number of rotatable bonds is 4. The van der Waals surface area contributed by atoms with Crippen LogP contribution < -0.4 is 0 Å². The maximum atomic E-state index is 12.0. The van der Waals surface area contributed by atoms with E-state index in [1.54, 1.807) is 32.0 Å². The number of carboxylic acids is 1. The Morgan fingerprint density at radius 1 is 1.44 bits per heavy atom. The lowest BCUT2D eigenvalue weighted by Crippen LogP contribution is -2.15. The smallest absolute Gasteiger partial charge is 0.304 e. The first-order valence-electron chi connectivity index (χ1n) is 5.60. The number of ketones is 1. The van der Waals surface area contributed by atoms with E-state index in [-0.39, 0.29) is 12.2 Å². The number of hydrogen-bond acceptors (Lipinski definition) is 4. The highest BCUT2D eigenvalue weighted by atomic mass is 16.4. The first kappa shape index (κ1) is 12.3. The van der Waals surface area contributed by atoms with Crippen LogP contribution in [-0.2, 0) is 4.79 Å². The van der Waals surface area contributed by atoms with Crippen molar-refractivity contribution in [2.24, 2.45) is 5.92 Å². The predicted molar refractivity (Wildman–Crippen MR) is 64.5 cm³/mol. The van der Waals surface area contributed by atoms with Crippen LogP contribution in [0.3, 0.4) is 0 Å². The number of aliphatic carboxylic acids is 1. The Labute approximate surface area is 103 Å². The Balaban J connectivity index is 2.30. The van der Waals surface area contributed by atoms with E-state index in [4.69, 9.17) is 9.52 Å². The number of aryl methyl sites for hydroxylation is 1. The van der Waals surface area contributed by atoms with Gasteiger partial charge in [-0.1, -0.05) is 6.92 Å². The normalized spacial score (nSPS) is 12.6. The molecule has 2 aromatic rings. The van der Waals surface area contributed by atoms with E-state index in [1.807, 2.05) is 0 Å². The lowest BCUT2D eigenvalue weighted by atomic mass is 9.96. The van der Waals surface area contributed by atoms with E-state index in [2.05, 4.69) is 4.98 Å². The molecule has 1 aromatic carbocycles. The second-order valence-electron chi connectivity index (χ2n) is 4.28. The monoisotopic (exact) mass is 247 g/mol. The zero-order valence-corrected chi connectivity index (χ0v) is 10.1. The van der Waals surface area contributed by atoms with Crippen LogP contribution in [0.4, 0.5) is 0 Å². The summed E-state index contributed by atoms with van der Waals surface area (Å²) in [6.45, 7) is 3.34. The quantitative estimate of drug-likeness (QED) is 0.839. The van der Waals surface area contributed by atoms with Gasteiger partial charge in [-0.2, -0.15) is 0 Å². The summed E-state index contributed by atoms with van der Waals surface area (Å²) in [7, 11) is 0. The van der Waals surface area contributed by atoms with Gasteiger partial charge in [0.2, 0.25) is 0 Å². The lowest BCUT2D eigenvalue weighted by molar-refractivity contribution is -0.137. The van der Waals surface area contributed by atoms with Crippen LogP contribution in [0.25, 0.3) is 11.1 Å². The predicted octanol–water partition coefficient (Wildman–Crippen LogP) is 2.43. The van der Waals surface area contributed by atoms with E-state index < -0.39 is 11.9 Å². The zero-order chi connectivity index (χ0) is 13.3. The molecule has 1 unspecified atom stereocenters. The number of Topliss-reactive ketones (excluding diaryl/α,β-unsaturated/α-hetero) is 1. The Morgan fingerprint density at radius 2 is 2.17 bits per heavy atom. The summed E-state index contributed by atoms with van der Waals surface area (Å²) < 4.78 is 5.31. The molecule has 0 saturated carbocycles. The Bertz CT molecular complexity index is 614. The first-order valence-corrected chi connectivity index (χ1v) is 5.60. The van der Waals surface area contributed by atoms with Crippen LogP contribution in [0.1, 0.15) is 29.6 Å². The minimum atomic E-state index is -0.978. The fourth-order valence-electron chi connectivity index (χ4n) is 1.84. The van der Waals surface area contributed by atoms with Gasteiger partial charge in [-0.3, -0.25) is 9.59 Å². The molecule has 0 spiro atoms. The largest absolute Gasteiger partial charge is 0.481 e. The summed E-state index contributed by atoms with van der Waals surface area (Å²) in [6.07, 6.45) is -0.172. The molecule has 1 atom stereocenters. The van der Waals surface area contributed by atoms with Crippen molar-refractivity contribution in [3.8, 4) is 0 Å². The van der Waals surface area contributed by atoms with Crippen molar-refractivity contribution in [2.75, 3.05) is 0 Å². The Hall–Kier alpha value is -2.17. The van der Waals surface area contributed by atoms with Gasteiger partial charge in [0, 0.05) is 18.4 Å². The molecule has 1 N–H and O–H groups in total. The van der Waals surface area contributed by atoms with Gasteiger partial charge in [0.15, 0.2) is 17.3 Å². The second-order valence-corrected chi connectivity index (χ2v) is 4.28. The summed E-state index contributed by atoms with van der Waals surface area (Å²) in [4.78, 5) is 26.7. The topological polar surface area (TPSA) is 80.4 Å². The maximum absolute atomic E-state index is 12.0. The fourth-order valence-corrected chi connectivity index (χ4v) is 1.84.